The summed E-state index contributed by atoms with van der Waals surface area (Å²) >= 11 is 1.58. The molecule has 1 saturated heterocycles. The number of likely N-dealkylation sites (N-methyl/N-ethyl adjacent to an activating group) is 1. The maximum absolute atomic E-state index is 5.40. The van der Waals surface area contributed by atoms with Gasteiger partial charge in [-0.2, -0.15) is 4.98 Å². The van der Waals surface area contributed by atoms with E-state index in [0.29, 0.717) is 12.3 Å². The Morgan fingerprint density at radius 3 is 3.12 bits per heavy atom. The summed E-state index contributed by atoms with van der Waals surface area (Å²) in [5.41, 5.74) is 1.92. The van der Waals surface area contributed by atoms with Crippen molar-refractivity contribution in [1.82, 2.24) is 25.3 Å². The quantitative estimate of drug-likeness (QED) is 0.758. The Morgan fingerprint density at radius 1 is 1.42 bits per heavy atom. The molecule has 1 aliphatic heterocycles. The monoisotopic (exact) mass is 367 g/mol. The minimum absolute atomic E-state index is 0. The van der Waals surface area contributed by atoms with Crippen LogP contribution in [0.4, 0.5) is 0 Å². The van der Waals surface area contributed by atoms with Crippen molar-refractivity contribution in [2.75, 3.05) is 26.7 Å². The fourth-order valence-corrected chi connectivity index (χ4v) is 3.44. The molecule has 1 unspecified atom stereocenters. The van der Waals surface area contributed by atoms with Crippen molar-refractivity contribution in [2.24, 2.45) is 0 Å². The molecule has 128 valence electrons. The van der Waals surface area contributed by atoms with E-state index in [1.165, 1.54) is 0 Å². The van der Waals surface area contributed by atoms with Crippen LogP contribution in [0.2, 0.25) is 0 Å². The Labute approximate surface area is 149 Å². The first-order valence-electron chi connectivity index (χ1n) is 7.50. The van der Waals surface area contributed by atoms with Gasteiger partial charge in [-0.15, -0.1) is 23.7 Å². The van der Waals surface area contributed by atoms with Crippen molar-refractivity contribution in [2.45, 2.75) is 12.5 Å². The Balaban J connectivity index is 0.00000169. The van der Waals surface area contributed by atoms with Gasteiger partial charge < -0.3 is 14.3 Å². The van der Waals surface area contributed by atoms with Gasteiger partial charge in [0.05, 0.1) is 24.4 Å². The Kier molecular flexibility index (Phi) is 5.30. The van der Waals surface area contributed by atoms with Gasteiger partial charge in [-0.05, 0) is 13.1 Å². The molecule has 0 bridgehead atoms. The SMILES string of the molecule is CN1CCNCC1c1noc(Cc2csc(-c3ccoc3)n2)n1.Cl. The average molecular weight is 368 g/mol. The standard InChI is InChI=1S/C15H17N5O2S.ClH/c1-20-4-3-16-7-12(20)14-18-13(22-19-14)6-11-9-23-15(17-11)10-2-5-21-8-10;/h2,5,8-9,12,16H,3-4,6-7H2,1H3;1H. The van der Waals surface area contributed by atoms with Crippen LogP contribution in [0.1, 0.15) is 23.5 Å². The molecule has 0 amide bonds. The van der Waals surface area contributed by atoms with E-state index in [-0.39, 0.29) is 18.4 Å². The molecule has 4 heterocycles. The van der Waals surface area contributed by atoms with Crippen molar-refractivity contribution in [3.8, 4) is 10.6 Å². The normalized spacial score (nSPS) is 18.5. The maximum Gasteiger partial charge on any atom is 0.232 e. The fraction of sp³-hybridized carbons (Fsp3) is 0.400. The molecule has 0 radical (unpaired) electrons. The number of furan rings is 1. The van der Waals surface area contributed by atoms with Gasteiger partial charge in [0.2, 0.25) is 5.89 Å². The number of hydrogen-bond acceptors (Lipinski definition) is 8. The first kappa shape index (κ1) is 17.1. The minimum Gasteiger partial charge on any atom is -0.472 e. The van der Waals surface area contributed by atoms with Crippen LogP contribution in [0.25, 0.3) is 10.6 Å². The smallest absolute Gasteiger partial charge is 0.232 e. The third kappa shape index (κ3) is 3.51. The van der Waals surface area contributed by atoms with E-state index < -0.39 is 0 Å². The third-order valence-corrected chi connectivity index (χ3v) is 4.89. The molecule has 9 heteroatoms. The molecule has 0 saturated carbocycles. The van der Waals surface area contributed by atoms with Crippen LogP contribution >= 0.6 is 23.7 Å². The number of thiazole rings is 1. The average Bonchev–Trinajstić information content (AvgIpc) is 3.29. The molecule has 7 nitrogen and oxygen atoms in total. The lowest BCUT2D eigenvalue weighted by Crippen LogP contribution is -2.44. The molecule has 0 aliphatic carbocycles. The van der Waals surface area contributed by atoms with Crippen molar-refractivity contribution >= 4 is 23.7 Å². The lowest BCUT2D eigenvalue weighted by atomic mass is 10.2. The summed E-state index contributed by atoms with van der Waals surface area (Å²) in [5, 5.41) is 10.4. The Hall–Kier alpha value is -1.74. The summed E-state index contributed by atoms with van der Waals surface area (Å²) in [6.07, 6.45) is 3.89. The van der Waals surface area contributed by atoms with Crippen LogP contribution in [0.5, 0.6) is 0 Å². The number of rotatable bonds is 4. The summed E-state index contributed by atoms with van der Waals surface area (Å²) < 4.78 is 10.5. The maximum atomic E-state index is 5.40. The fourth-order valence-electron chi connectivity index (χ4n) is 2.63. The molecule has 4 rings (SSSR count). The predicted octanol–water partition coefficient (Wildman–Crippen LogP) is 2.37. The molecule has 0 spiro atoms. The highest BCUT2D eigenvalue weighted by molar-refractivity contribution is 7.13. The molecule has 1 aliphatic rings. The van der Waals surface area contributed by atoms with Crippen molar-refractivity contribution < 1.29 is 8.94 Å². The van der Waals surface area contributed by atoms with Crippen molar-refractivity contribution in [3.63, 3.8) is 0 Å². The van der Waals surface area contributed by atoms with E-state index >= 15 is 0 Å². The highest BCUT2D eigenvalue weighted by Gasteiger charge is 2.25. The second-order valence-corrected chi connectivity index (χ2v) is 6.44. The molecule has 1 N–H and O–H groups in total. The van der Waals surface area contributed by atoms with Gasteiger partial charge in [0.25, 0.3) is 0 Å². The highest BCUT2D eigenvalue weighted by Crippen LogP contribution is 2.25. The molecule has 24 heavy (non-hydrogen) atoms. The van der Waals surface area contributed by atoms with Gasteiger partial charge in [0.15, 0.2) is 5.82 Å². The number of nitrogens with zero attached hydrogens (tertiary/aromatic N) is 4. The Bertz CT molecular complexity index is 773. The number of aromatic nitrogens is 3. The predicted molar refractivity (Wildman–Crippen MR) is 92.4 cm³/mol. The van der Waals surface area contributed by atoms with E-state index in [2.05, 4.69) is 32.4 Å². The second-order valence-electron chi connectivity index (χ2n) is 5.58. The molecule has 3 aromatic rings. The number of hydrogen-bond donors (Lipinski definition) is 1. The van der Waals surface area contributed by atoms with E-state index in [0.717, 1.165) is 41.7 Å². The molecule has 0 aromatic carbocycles. The zero-order valence-corrected chi connectivity index (χ0v) is 14.8. The largest absolute Gasteiger partial charge is 0.472 e. The minimum atomic E-state index is 0. The number of halogens is 1. The lowest BCUT2D eigenvalue weighted by molar-refractivity contribution is 0.190. The topological polar surface area (TPSA) is 80.2 Å². The van der Waals surface area contributed by atoms with E-state index in [1.54, 1.807) is 23.9 Å². The summed E-state index contributed by atoms with van der Waals surface area (Å²) in [6.45, 7) is 2.82. The summed E-state index contributed by atoms with van der Waals surface area (Å²) in [7, 11) is 2.08. The molecule has 3 aromatic heterocycles. The van der Waals surface area contributed by atoms with Gasteiger partial charge in [0.1, 0.15) is 11.3 Å². The van der Waals surface area contributed by atoms with Crippen LogP contribution in [0, 0.1) is 0 Å². The summed E-state index contributed by atoms with van der Waals surface area (Å²) in [4.78, 5) is 11.4. The van der Waals surface area contributed by atoms with Crippen LogP contribution in [0.3, 0.4) is 0 Å². The highest BCUT2D eigenvalue weighted by atomic mass is 35.5. The number of nitrogens with one attached hydrogen (secondary N) is 1. The molecular formula is C15H18ClN5O2S. The summed E-state index contributed by atoms with van der Waals surface area (Å²) in [5.74, 6) is 1.34. The van der Waals surface area contributed by atoms with Gasteiger partial charge >= 0.3 is 0 Å². The zero-order chi connectivity index (χ0) is 15.6. The molecule has 1 atom stereocenters. The first-order valence-corrected chi connectivity index (χ1v) is 8.38. The van der Waals surface area contributed by atoms with Gasteiger partial charge in [-0.1, -0.05) is 5.16 Å². The van der Waals surface area contributed by atoms with Crippen LogP contribution < -0.4 is 5.32 Å². The van der Waals surface area contributed by atoms with Gasteiger partial charge in [-0.3, -0.25) is 4.90 Å². The number of piperazine rings is 1. The lowest BCUT2D eigenvalue weighted by Gasteiger charge is -2.30. The molecular weight excluding hydrogens is 350 g/mol. The van der Waals surface area contributed by atoms with Crippen LogP contribution in [0.15, 0.2) is 32.9 Å². The van der Waals surface area contributed by atoms with Crippen LogP contribution in [-0.2, 0) is 6.42 Å². The van der Waals surface area contributed by atoms with Crippen molar-refractivity contribution in [1.29, 1.82) is 0 Å². The van der Waals surface area contributed by atoms with Gasteiger partial charge in [-0.25, -0.2) is 4.98 Å². The van der Waals surface area contributed by atoms with E-state index in [9.17, 15) is 0 Å². The zero-order valence-electron chi connectivity index (χ0n) is 13.1. The van der Waals surface area contributed by atoms with Crippen molar-refractivity contribution in [3.05, 3.63) is 41.4 Å². The van der Waals surface area contributed by atoms with Gasteiger partial charge in [0, 0.05) is 30.6 Å². The van der Waals surface area contributed by atoms with Crippen LogP contribution in [-0.4, -0.2) is 46.7 Å². The van der Waals surface area contributed by atoms with E-state index in [1.807, 2.05) is 11.4 Å². The third-order valence-electron chi connectivity index (χ3n) is 3.95. The second kappa shape index (κ2) is 7.43. The summed E-state index contributed by atoms with van der Waals surface area (Å²) in [6, 6.07) is 2.07. The van der Waals surface area contributed by atoms with E-state index in [4.69, 9.17) is 8.94 Å². The molecule has 1 fully saturated rings. The Morgan fingerprint density at radius 2 is 2.33 bits per heavy atom. The first-order chi connectivity index (χ1) is 11.3.